The van der Waals surface area contributed by atoms with Gasteiger partial charge < -0.3 is 15.4 Å². The van der Waals surface area contributed by atoms with E-state index >= 15 is 0 Å². The molecule has 3 aromatic carbocycles. The van der Waals surface area contributed by atoms with Crippen LogP contribution in [0.4, 0.5) is 11.4 Å². The molecule has 40 heavy (non-hydrogen) atoms. The first-order valence-corrected chi connectivity index (χ1v) is 14.3. The van der Waals surface area contributed by atoms with Crippen molar-refractivity contribution in [3.63, 3.8) is 0 Å². The number of hydrogen-bond acceptors (Lipinski definition) is 5. The van der Waals surface area contributed by atoms with E-state index in [1.54, 1.807) is 18.2 Å². The number of amides is 2. The van der Waals surface area contributed by atoms with Crippen molar-refractivity contribution >= 4 is 40.6 Å². The molecule has 4 aliphatic rings. The van der Waals surface area contributed by atoms with Gasteiger partial charge >= 0.3 is 0 Å². The fourth-order valence-electron chi connectivity index (χ4n) is 7.90. The molecule has 2 fully saturated rings. The van der Waals surface area contributed by atoms with Crippen molar-refractivity contribution in [3.05, 3.63) is 87.9 Å². The molecule has 204 valence electrons. The van der Waals surface area contributed by atoms with E-state index in [1.165, 1.54) is 0 Å². The van der Waals surface area contributed by atoms with Crippen LogP contribution in [0, 0.1) is 12.8 Å². The van der Waals surface area contributed by atoms with Gasteiger partial charge in [0.25, 0.3) is 5.91 Å². The smallest absolute Gasteiger partial charge is 0.251 e. The summed E-state index contributed by atoms with van der Waals surface area (Å²) in [5, 5.41) is 6.72. The summed E-state index contributed by atoms with van der Waals surface area (Å²) in [5.74, 6) is -0.956. The summed E-state index contributed by atoms with van der Waals surface area (Å²) in [5.41, 5.74) is 0.978. The average molecular weight is 556 g/mol. The minimum absolute atomic E-state index is 0.158. The van der Waals surface area contributed by atoms with Crippen molar-refractivity contribution in [3.8, 4) is 5.75 Å². The second-order valence-corrected chi connectivity index (χ2v) is 11.6. The van der Waals surface area contributed by atoms with Crippen molar-refractivity contribution in [2.75, 3.05) is 23.8 Å². The lowest BCUT2D eigenvalue weighted by atomic mass is 9.57. The summed E-state index contributed by atoms with van der Waals surface area (Å²) in [6, 6.07) is 18.0. The second kappa shape index (κ2) is 8.91. The van der Waals surface area contributed by atoms with Crippen molar-refractivity contribution in [2.24, 2.45) is 5.92 Å². The Morgan fingerprint density at radius 2 is 1.88 bits per heavy atom. The third-order valence-corrected chi connectivity index (χ3v) is 9.75. The Bertz CT molecular complexity index is 1600. The van der Waals surface area contributed by atoms with Gasteiger partial charge in [-0.25, -0.2) is 0 Å². The van der Waals surface area contributed by atoms with E-state index in [0.717, 1.165) is 18.4 Å². The molecule has 4 atom stereocenters. The molecule has 4 heterocycles. The number of Topliss-reactive ketones (excluding diaryl/α,β-unsaturated/α-hetero) is 1. The van der Waals surface area contributed by atoms with E-state index in [1.807, 2.05) is 56.3 Å². The number of ether oxygens (including phenoxy) is 1. The second-order valence-electron chi connectivity index (χ2n) is 11.2. The zero-order valence-electron chi connectivity index (χ0n) is 22.4. The largest absolute Gasteiger partial charge is 0.494 e. The predicted molar refractivity (Wildman–Crippen MR) is 153 cm³/mol. The number of carbonyl (C=O) groups excluding carboxylic acids is 3. The number of para-hydroxylation sites is 1. The van der Waals surface area contributed by atoms with Gasteiger partial charge in [0.05, 0.1) is 18.2 Å². The number of ketones is 1. The first-order chi connectivity index (χ1) is 19.4. The topological polar surface area (TPSA) is 87.7 Å². The molecule has 0 bridgehead atoms. The van der Waals surface area contributed by atoms with Gasteiger partial charge in [0.2, 0.25) is 5.91 Å². The zero-order chi connectivity index (χ0) is 27.8. The Hall–Kier alpha value is -3.68. The molecule has 7 nitrogen and oxygen atoms in total. The third-order valence-electron chi connectivity index (χ3n) is 9.34. The number of hydrogen-bond donors (Lipinski definition) is 2. The Kier molecular flexibility index (Phi) is 5.64. The van der Waals surface area contributed by atoms with E-state index in [4.69, 9.17) is 16.3 Å². The van der Waals surface area contributed by atoms with Crippen molar-refractivity contribution in [1.29, 1.82) is 0 Å². The monoisotopic (exact) mass is 555 g/mol. The molecule has 2 spiro atoms. The van der Waals surface area contributed by atoms with Crippen LogP contribution in [0.25, 0.3) is 0 Å². The highest BCUT2D eigenvalue weighted by molar-refractivity contribution is 6.32. The molecule has 2 amide bonds. The first kappa shape index (κ1) is 25.3. The molecule has 8 heteroatoms. The fraction of sp³-hybridized carbons (Fsp3) is 0.344. The highest BCUT2D eigenvalue weighted by Gasteiger charge is 2.81. The molecule has 0 aliphatic carbocycles. The highest BCUT2D eigenvalue weighted by Crippen LogP contribution is 2.68. The number of nitrogens with zero attached hydrogens (tertiary/aromatic N) is 1. The van der Waals surface area contributed by atoms with Crippen molar-refractivity contribution < 1.29 is 19.1 Å². The first-order valence-electron chi connectivity index (χ1n) is 13.9. The maximum absolute atomic E-state index is 14.8. The summed E-state index contributed by atoms with van der Waals surface area (Å²) in [6.07, 6.45) is 2.37. The average Bonchev–Trinajstić information content (AvgIpc) is 3.68. The summed E-state index contributed by atoms with van der Waals surface area (Å²) in [7, 11) is 0. The lowest BCUT2D eigenvalue weighted by molar-refractivity contribution is -0.137. The quantitative estimate of drug-likeness (QED) is 0.409. The lowest BCUT2D eigenvalue weighted by Gasteiger charge is -2.43. The van der Waals surface area contributed by atoms with Gasteiger partial charge in [-0.05, 0) is 68.1 Å². The Morgan fingerprint density at radius 1 is 1.05 bits per heavy atom. The van der Waals surface area contributed by atoms with Crippen LogP contribution in [0.5, 0.6) is 5.75 Å². The van der Waals surface area contributed by atoms with Crippen LogP contribution in [-0.4, -0.2) is 41.7 Å². The summed E-state index contributed by atoms with van der Waals surface area (Å²) in [4.78, 5) is 46.1. The van der Waals surface area contributed by atoms with Crippen LogP contribution in [0.2, 0.25) is 5.02 Å². The number of carbonyl (C=O) groups is 3. The number of fused-ring (bicyclic) bond motifs is 7. The van der Waals surface area contributed by atoms with E-state index in [0.29, 0.717) is 58.4 Å². The van der Waals surface area contributed by atoms with Crippen LogP contribution in [0.1, 0.15) is 53.2 Å². The summed E-state index contributed by atoms with van der Waals surface area (Å²) >= 11 is 6.51. The van der Waals surface area contributed by atoms with Gasteiger partial charge in [0.15, 0.2) is 5.78 Å². The summed E-state index contributed by atoms with van der Waals surface area (Å²) in [6.45, 7) is 5.04. The molecule has 0 aromatic heterocycles. The maximum Gasteiger partial charge on any atom is 0.251 e. The van der Waals surface area contributed by atoms with Crippen molar-refractivity contribution in [1.82, 2.24) is 4.90 Å². The van der Waals surface area contributed by atoms with Crippen molar-refractivity contribution in [2.45, 2.75) is 50.1 Å². The Morgan fingerprint density at radius 3 is 2.70 bits per heavy atom. The van der Waals surface area contributed by atoms with Gasteiger partial charge in [-0.2, -0.15) is 0 Å². The number of halogens is 1. The molecule has 0 saturated carbocycles. The van der Waals surface area contributed by atoms with Crippen LogP contribution in [0.15, 0.2) is 60.7 Å². The van der Waals surface area contributed by atoms with E-state index in [-0.39, 0.29) is 23.6 Å². The van der Waals surface area contributed by atoms with Gasteiger partial charge in [-0.3, -0.25) is 19.3 Å². The molecule has 3 aromatic rings. The van der Waals surface area contributed by atoms with Crippen LogP contribution in [0.3, 0.4) is 0 Å². The Labute approximate surface area is 237 Å². The number of benzene rings is 3. The number of anilines is 2. The van der Waals surface area contributed by atoms with Gasteiger partial charge in [-0.1, -0.05) is 54.9 Å². The van der Waals surface area contributed by atoms with Gasteiger partial charge in [0, 0.05) is 27.9 Å². The van der Waals surface area contributed by atoms with E-state index in [2.05, 4.69) is 15.5 Å². The number of nitrogens with one attached hydrogen (secondary N) is 2. The molecular formula is C32H30ClN3O4. The lowest BCUT2D eigenvalue weighted by Crippen LogP contribution is -2.62. The zero-order valence-corrected chi connectivity index (χ0v) is 23.2. The highest BCUT2D eigenvalue weighted by atomic mass is 35.5. The van der Waals surface area contributed by atoms with E-state index in [9.17, 15) is 14.4 Å². The molecule has 4 aliphatic heterocycles. The van der Waals surface area contributed by atoms with Gasteiger partial charge in [-0.15, -0.1) is 0 Å². The standard InChI is InChI=1S/C32H30ClN3O4/c1-3-16-40-20-9-6-8-19(17-20)28(37)26-25-12-7-15-36(25)32(22-13-14-23(33)18(2)27(22)35-30(32)39)31(26)21-10-4-5-11-24(21)34-29(31)38/h4-6,8-11,13-14,17,25-26H,3,7,12,15-16H2,1-2H3,(H,34,38)(H,35,39). The van der Waals surface area contributed by atoms with Crippen LogP contribution < -0.4 is 15.4 Å². The minimum atomic E-state index is -1.48. The normalized spacial score (nSPS) is 28.0. The minimum Gasteiger partial charge on any atom is -0.494 e. The predicted octanol–water partition coefficient (Wildman–Crippen LogP) is 5.45. The fourth-order valence-corrected chi connectivity index (χ4v) is 8.06. The molecule has 0 radical (unpaired) electrons. The Balaban J connectivity index is 1.52. The van der Waals surface area contributed by atoms with E-state index < -0.39 is 16.9 Å². The summed E-state index contributed by atoms with van der Waals surface area (Å²) < 4.78 is 5.85. The van der Waals surface area contributed by atoms with Gasteiger partial charge in [0.1, 0.15) is 16.7 Å². The molecule has 2 N–H and O–H groups in total. The van der Waals surface area contributed by atoms with Crippen LogP contribution >= 0.6 is 11.6 Å². The molecule has 7 rings (SSSR count). The maximum atomic E-state index is 14.8. The molecule has 2 saturated heterocycles. The van der Waals surface area contributed by atoms with Crippen LogP contribution in [-0.2, 0) is 20.5 Å². The molecule has 4 unspecified atom stereocenters. The number of rotatable bonds is 5. The SMILES string of the molecule is CCCOc1cccc(C(=O)C2C3CCCN3C3(C(=O)Nc4c3ccc(Cl)c4C)C23C(=O)Nc2ccccc23)c1. The third kappa shape index (κ3) is 2.97. The molecular weight excluding hydrogens is 526 g/mol.